The Morgan fingerprint density at radius 3 is 2.37 bits per heavy atom. The molecule has 6 nitrogen and oxygen atoms in total. The Morgan fingerprint density at radius 2 is 1.63 bits per heavy atom. The number of anilines is 2. The molecule has 1 aromatic heterocycles. The predicted molar refractivity (Wildman–Crippen MR) is 134 cm³/mol. The number of nitrogens with zero attached hydrogens (tertiary/aromatic N) is 3. The van der Waals surface area contributed by atoms with Gasteiger partial charge in [0.05, 0.1) is 5.69 Å². The molecule has 1 saturated heterocycles. The third-order valence-corrected chi connectivity index (χ3v) is 6.06. The molecular weight excluding hydrogens is 443 g/mol. The maximum Gasteiger partial charge on any atom is 0.227 e. The fourth-order valence-corrected chi connectivity index (χ4v) is 4.17. The first-order valence-corrected chi connectivity index (χ1v) is 11.6. The molecule has 0 unspecified atom stereocenters. The second kappa shape index (κ2) is 10.3. The number of piperidine rings is 1. The summed E-state index contributed by atoms with van der Waals surface area (Å²) in [6.07, 6.45) is 2.94. The van der Waals surface area contributed by atoms with E-state index in [9.17, 15) is 9.18 Å². The van der Waals surface area contributed by atoms with Gasteiger partial charge in [-0.3, -0.25) is 4.79 Å². The van der Waals surface area contributed by atoms with Gasteiger partial charge >= 0.3 is 0 Å². The molecule has 0 bridgehead atoms. The van der Waals surface area contributed by atoms with E-state index in [0.29, 0.717) is 30.1 Å². The Balaban J connectivity index is 1.16. The van der Waals surface area contributed by atoms with Crippen molar-refractivity contribution in [1.82, 2.24) is 9.97 Å². The summed E-state index contributed by atoms with van der Waals surface area (Å²) in [6, 6.07) is 25.2. The summed E-state index contributed by atoms with van der Waals surface area (Å²) in [5.41, 5.74) is 2.13. The molecule has 0 radical (unpaired) electrons. The lowest BCUT2D eigenvalue weighted by molar-refractivity contribution is -0.120. The van der Waals surface area contributed by atoms with Gasteiger partial charge in [0, 0.05) is 36.3 Å². The summed E-state index contributed by atoms with van der Waals surface area (Å²) in [6.45, 7) is 1.42. The minimum atomic E-state index is -0.298. The van der Waals surface area contributed by atoms with E-state index in [4.69, 9.17) is 4.74 Å². The molecule has 1 aliphatic heterocycles. The second-order valence-corrected chi connectivity index (χ2v) is 8.46. The van der Waals surface area contributed by atoms with Crippen molar-refractivity contribution in [2.45, 2.75) is 12.8 Å². The zero-order chi connectivity index (χ0) is 24.0. The van der Waals surface area contributed by atoms with E-state index >= 15 is 0 Å². The van der Waals surface area contributed by atoms with Crippen LogP contribution in [0.1, 0.15) is 12.8 Å². The third-order valence-electron chi connectivity index (χ3n) is 6.06. The fraction of sp³-hybridized carbons (Fsp3) is 0.179. The van der Waals surface area contributed by atoms with E-state index in [1.54, 1.807) is 6.07 Å². The van der Waals surface area contributed by atoms with Crippen LogP contribution in [0, 0.1) is 11.7 Å². The third kappa shape index (κ3) is 5.63. The van der Waals surface area contributed by atoms with E-state index in [2.05, 4.69) is 20.2 Å². The number of nitrogens with one attached hydrogen (secondary N) is 1. The van der Waals surface area contributed by atoms with Gasteiger partial charge in [0.25, 0.3) is 0 Å². The molecule has 0 atom stereocenters. The predicted octanol–water partition coefficient (Wildman–Crippen LogP) is 5.93. The van der Waals surface area contributed by atoms with E-state index < -0.39 is 0 Å². The minimum Gasteiger partial charge on any atom is -0.457 e. The van der Waals surface area contributed by atoms with Crippen LogP contribution in [0.4, 0.5) is 15.9 Å². The van der Waals surface area contributed by atoms with Crippen LogP contribution in [0.2, 0.25) is 0 Å². The number of benzene rings is 3. The highest BCUT2D eigenvalue weighted by atomic mass is 19.1. The summed E-state index contributed by atoms with van der Waals surface area (Å²) in [7, 11) is 0. The zero-order valence-corrected chi connectivity index (χ0v) is 19.1. The Morgan fingerprint density at radius 1 is 0.886 bits per heavy atom. The topological polar surface area (TPSA) is 67.3 Å². The van der Waals surface area contributed by atoms with Crippen LogP contribution >= 0.6 is 0 Å². The van der Waals surface area contributed by atoms with Crippen molar-refractivity contribution in [1.29, 1.82) is 0 Å². The highest BCUT2D eigenvalue weighted by molar-refractivity contribution is 5.92. The highest BCUT2D eigenvalue weighted by Crippen LogP contribution is 2.27. The molecule has 7 heteroatoms. The normalized spacial score (nSPS) is 13.9. The Labute approximate surface area is 203 Å². The fourth-order valence-electron chi connectivity index (χ4n) is 4.17. The molecule has 4 aromatic rings. The Kier molecular flexibility index (Phi) is 6.66. The quantitative estimate of drug-likeness (QED) is 0.380. The molecule has 3 aromatic carbocycles. The molecule has 0 spiro atoms. The first-order valence-electron chi connectivity index (χ1n) is 11.6. The summed E-state index contributed by atoms with van der Waals surface area (Å²) in [5, 5.41) is 3.02. The van der Waals surface area contributed by atoms with Crippen molar-refractivity contribution in [2.24, 2.45) is 5.92 Å². The summed E-state index contributed by atoms with van der Waals surface area (Å²) < 4.78 is 19.4. The van der Waals surface area contributed by atoms with Gasteiger partial charge in [-0.15, -0.1) is 0 Å². The largest absolute Gasteiger partial charge is 0.457 e. The van der Waals surface area contributed by atoms with Crippen LogP contribution in [0.25, 0.3) is 11.3 Å². The summed E-state index contributed by atoms with van der Waals surface area (Å²) >= 11 is 0. The van der Waals surface area contributed by atoms with Crippen molar-refractivity contribution in [3.8, 4) is 22.8 Å². The van der Waals surface area contributed by atoms with Crippen LogP contribution in [0.15, 0.2) is 91.3 Å². The Bertz CT molecular complexity index is 1290. The molecule has 0 aliphatic carbocycles. The standard InChI is InChI=1S/C28H25FN4O2/c29-22-6-4-5-21(17-22)26-18-27(31-19-30-26)33-15-13-20(14-16-33)28(34)32-23-9-11-25(12-10-23)35-24-7-2-1-3-8-24/h1-12,17-20H,13-16H2,(H,32,34). The summed E-state index contributed by atoms with van der Waals surface area (Å²) in [5.74, 6) is 1.91. The van der Waals surface area contributed by atoms with Crippen LogP contribution in [-0.4, -0.2) is 29.0 Å². The lowest BCUT2D eigenvalue weighted by Gasteiger charge is -2.32. The lowest BCUT2D eigenvalue weighted by Crippen LogP contribution is -2.38. The molecule has 1 aliphatic rings. The highest BCUT2D eigenvalue weighted by Gasteiger charge is 2.26. The average molecular weight is 469 g/mol. The molecule has 2 heterocycles. The molecular formula is C28H25FN4O2. The van der Waals surface area contributed by atoms with Crippen LogP contribution in [0.5, 0.6) is 11.5 Å². The number of hydrogen-bond donors (Lipinski definition) is 1. The smallest absolute Gasteiger partial charge is 0.227 e. The van der Waals surface area contributed by atoms with Crippen LogP contribution < -0.4 is 15.0 Å². The van der Waals surface area contributed by atoms with Crippen LogP contribution in [-0.2, 0) is 4.79 Å². The van der Waals surface area contributed by atoms with Gasteiger partial charge in [0.15, 0.2) is 0 Å². The molecule has 1 fully saturated rings. The average Bonchev–Trinajstić information content (AvgIpc) is 2.90. The number of amides is 1. The maximum absolute atomic E-state index is 13.6. The van der Waals surface area contributed by atoms with Crippen molar-refractivity contribution in [2.75, 3.05) is 23.3 Å². The Hall–Kier alpha value is -4.26. The maximum atomic E-state index is 13.6. The van der Waals surface area contributed by atoms with Gasteiger partial charge in [-0.2, -0.15) is 0 Å². The van der Waals surface area contributed by atoms with E-state index in [-0.39, 0.29) is 17.6 Å². The van der Waals surface area contributed by atoms with Gasteiger partial charge < -0.3 is 15.0 Å². The number of rotatable bonds is 6. The van der Waals surface area contributed by atoms with E-state index in [1.807, 2.05) is 66.7 Å². The van der Waals surface area contributed by atoms with Crippen molar-refractivity contribution in [3.05, 3.63) is 97.1 Å². The number of aromatic nitrogens is 2. The zero-order valence-electron chi connectivity index (χ0n) is 19.1. The number of ether oxygens (including phenoxy) is 1. The number of carbonyl (C=O) groups is 1. The molecule has 0 saturated carbocycles. The SMILES string of the molecule is O=C(Nc1ccc(Oc2ccccc2)cc1)C1CCN(c2cc(-c3cccc(F)c3)ncn2)CC1. The molecule has 5 rings (SSSR count). The molecule has 35 heavy (non-hydrogen) atoms. The molecule has 176 valence electrons. The number of carbonyl (C=O) groups excluding carboxylic acids is 1. The molecule has 1 N–H and O–H groups in total. The minimum absolute atomic E-state index is 0.0181. The van der Waals surface area contributed by atoms with Gasteiger partial charge in [-0.1, -0.05) is 30.3 Å². The van der Waals surface area contributed by atoms with Gasteiger partial charge in [-0.25, -0.2) is 14.4 Å². The van der Waals surface area contributed by atoms with Crippen LogP contribution in [0.3, 0.4) is 0 Å². The van der Waals surface area contributed by atoms with E-state index in [0.717, 1.165) is 30.1 Å². The second-order valence-electron chi connectivity index (χ2n) is 8.46. The van der Waals surface area contributed by atoms with E-state index in [1.165, 1.54) is 18.5 Å². The first-order chi connectivity index (χ1) is 17.1. The van der Waals surface area contributed by atoms with Gasteiger partial charge in [0.1, 0.15) is 29.5 Å². The monoisotopic (exact) mass is 468 g/mol. The van der Waals surface area contributed by atoms with Gasteiger partial charge in [0.2, 0.25) is 5.91 Å². The van der Waals surface area contributed by atoms with Crippen molar-refractivity contribution >= 4 is 17.4 Å². The molecule has 1 amide bonds. The number of para-hydroxylation sites is 1. The van der Waals surface area contributed by atoms with Crippen molar-refractivity contribution < 1.29 is 13.9 Å². The summed E-state index contributed by atoms with van der Waals surface area (Å²) in [4.78, 5) is 23.7. The lowest BCUT2D eigenvalue weighted by atomic mass is 9.95. The van der Waals surface area contributed by atoms with Gasteiger partial charge in [-0.05, 0) is 61.4 Å². The first kappa shape index (κ1) is 22.5. The number of halogens is 1. The number of hydrogen-bond acceptors (Lipinski definition) is 5. The van der Waals surface area contributed by atoms with Crippen molar-refractivity contribution in [3.63, 3.8) is 0 Å².